The SMILES string of the molecule is CCOC(=O)OCOC(=O)CCCCCCCCCCC(=O)OCOC(=O)OCC. The first-order valence-electron chi connectivity index (χ1n) is 10.4. The van der Waals surface area contributed by atoms with Crippen LogP contribution in [0.25, 0.3) is 0 Å². The second-order valence-electron chi connectivity index (χ2n) is 6.25. The maximum Gasteiger partial charge on any atom is 0.511 e. The molecule has 0 atom stereocenters. The zero-order valence-corrected chi connectivity index (χ0v) is 18.0. The van der Waals surface area contributed by atoms with Gasteiger partial charge in [0.2, 0.25) is 13.6 Å². The first-order valence-corrected chi connectivity index (χ1v) is 10.4. The summed E-state index contributed by atoms with van der Waals surface area (Å²) in [5.74, 6) is -0.808. The molecular formula is C20H34O10. The molecule has 30 heavy (non-hydrogen) atoms. The average molecular weight is 434 g/mol. The Kier molecular flexibility index (Phi) is 18.1. The van der Waals surface area contributed by atoms with Crippen LogP contribution in [0.3, 0.4) is 0 Å². The normalized spacial score (nSPS) is 10.1. The average Bonchev–Trinajstić information content (AvgIpc) is 2.69. The maximum absolute atomic E-state index is 11.5. The largest absolute Gasteiger partial charge is 0.511 e. The van der Waals surface area contributed by atoms with E-state index >= 15 is 0 Å². The number of esters is 2. The van der Waals surface area contributed by atoms with Crippen molar-refractivity contribution < 1.29 is 47.6 Å². The van der Waals surface area contributed by atoms with Crippen molar-refractivity contribution in [2.45, 2.75) is 78.1 Å². The fraction of sp³-hybridized carbons (Fsp3) is 0.800. The molecule has 10 nitrogen and oxygen atoms in total. The van der Waals surface area contributed by atoms with Gasteiger partial charge in [-0.25, -0.2) is 9.59 Å². The first kappa shape index (κ1) is 27.5. The summed E-state index contributed by atoms with van der Waals surface area (Å²) >= 11 is 0. The summed E-state index contributed by atoms with van der Waals surface area (Å²) in [5, 5.41) is 0. The first-order chi connectivity index (χ1) is 14.5. The van der Waals surface area contributed by atoms with E-state index < -0.39 is 37.8 Å². The predicted octanol–water partition coefficient (Wildman–Crippen LogP) is 4.24. The van der Waals surface area contributed by atoms with E-state index in [2.05, 4.69) is 18.9 Å². The van der Waals surface area contributed by atoms with Gasteiger partial charge in [-0.2, -0.15) is 0 Å². The fourth-order valence-corrected chi connectivity index (χ4v) is 2.35. The van der Waals surface area contributed by atoms with Gasteiger partial charge in [0.1, 0.15) is 0 Å². The van der Waals surface area contributed by atoms with Crippen molar-refractivity contribution in [2.75, 3.05) is 26.8 Å². The highest BCUT2D eigenvalue weighted by Crippen LogP contribution is 2.11. The lowest BCUT2D eigenvalue weighted by Crippen LogP contribution is -2.13. The number of carbonyl (C=O) groups is 4. The molecule has 0 aromatic rings. The molecule has 174 valence electrons. The van der Waals surface area contributed by atoms with E-state index in [9.17, 15) is 19.2 Å². The molecule has 0 rings (SSSR count). The quantitative estimate of drug-likeness (QED) is 0.142. The van der Waals surface area contributed by atoms with Crippen molar-refractivity contribution in [3.8, 4) is 0 Å². The summed E-state index contributed by atoms with van der Waals surface area (Å²) in [6, 6.07) is 0. The maximum atomic E-state index is 11.5. The molecule has 0 aliphatic carbocycles. The highest BCUT2D eigenvalue weighted by atomic mass is 16.8. The van der Waals surface area contributed by atoms with Gasteiger partial charge in [-0.3, -0.25) is 9.59 Å². The van der Waals surface area contributed by atoms with Crippen molar-refractivity contribution >= 4 is 24.2 Å². The predicted molar refractivity (Wildman–Crippen MR) is 104 cm³/mol. The second-order valence-corrected chi connectivity index (χ2v) is 6.25. The molecule has 0 aliphatic rings. The highest BCUT2D eigenvalue weighted by Gasteiger charge is 2.07. The summed E-state index contributed by atoms with van der Waals surface area (Å²) in [6.45, 7) is 2.85. The number of unbranched alkanes of at least 4 members (excludes halogenated alkanes) is 7. The standard InChI is InChI=1S/C20H34O10/c1-3-25-19(23)29-15-27-17(21)13-11-9-7-5-6-8-10-12-14-18(22)28-16-30-20(24)26-4-2/h3-16H2,1-2H3. The Bertz CT molecular complexity index is 448. The number of hydrogen-bond donors (Lipinski definition) is 0. The molecule has 0 N–H and O–H groups in total. The van der Waals surface area contributed by atoms with Gasteiger partial charge in [0, 0.05) is 12.8 Å². The molecule has 0 aromatic heterocycles. The van der Waals surface area contributed by atoms with Gasteiger partial charge in [0.15, 0.2) is 0 Å². The number of rotatable bonds is 17. The van der Waals surface area contributed by atoms with Crippen LogP contribution in [0.1, 0.15) is 78.1 Å². The minimum absolute atomic E-state index is 0.202. The molecule has 0 heterocycles. The van der Waals surface area contributed by atoms with Crippen LogP contribution in [-0.2, 0) is 38.0 Å². The highest BCUT2D eigenvalue weighted by molar-refractivity contribution is 5.69. The molecule has 0 amide bonds. The molecule has 0 radical (unpaired) electrons. The van der Waals surface area contributed by atoms with E-state index in [0.29, 0.717) is 0 Å². The van der Waals surface area contributed by atoms with Crippen molar-refractivity contribution in [3.05, 3.63) is 0 Å². The van der Waals surface area contributed by atoms with Crippen LogP contribution in [0.5, 0.6) is 0 Å². The van der Waals surface area contributed by atoms with Gasteiger partial charge >= 0.3 is 24.2 Å². The van der Waals surface area contributed by atoms with Crippen LogP contribution >= 0.6 is 0 Å². The van der Waals surface area contributed by atoms with Crippen LogP contribution in [0.2, 0.25) is 0 Å². The summed E-state index contributed by atoms with van der Waals surface area (Å²) in [7, 11) is 0. The van der Waals surface area contributed by atoms with Gasteiger partial charge in [-0.1, -0.05) is 38.5 Å². The lowest BCUT2D eigenvalue weighted by atomic mass is 10.1. The minimum Gasteiger partial charge on any atom is -0.435 e. The minimum atomic E-state index is -0.856. The van der Waals surface area contributed by atoms with Crippen LogP contribution in [-0.4, -0.2) is 51.0 Å². The molecule has 0 bridgehead atoms. The molecule has 0 aromatic carbocycles. The van der Waals surface area contributed by atoms with E-state index in [-0.39, 0.29) is 26.1 Å². The lowest BCUT2D eigenvalue weighted by molar-refractivity contribution is -0.154. The van der Waals surface area contributed by atoms with Gasteiger partial charge in [0.05, 0.1) is 13.2 Å². The zero-order valence-electron chi connectivity index (χ0n) is 18.0. The number of ether oxygens (including phenoxy) is 6. The molecule has 0 aliphatic heterocycles. The van der Waals surface area contributed by atoms with Crippen LogP contribution in [0.15, 0.2) is 0 Å². The van der Waals surface area contributed by atoms with Crippen molar-refractivity contribution in [1.82, 2.24) is 0 Å². The molecular weight excluding hydrogens is 400 g/mol. The molecule has 0 unspecified atom stereocenters. The summed E-state index contributed by atoms with van der Waals surface area (Å²) in [4.78, 5) is 44.7. The van der Waals surface area contributed by atoms with E-state index in [1.54, 1.807) is 13.8 Å². The van der Waals surface area contributed by atoms with Gasteiger partial charge in [-0.05, 0) is 26.7 Å². The Labute approximate surface area is 177 Å². The van der Waals surface area contributed by atoms with Crippen molar-refractivity contribution in [3.63, 3.8) is 0 Å². The van der Waals surface area contributed by atoms with Crippen molar-refractivity contribution in [2.24, 2.45) is 0 Å². The summed E-state index contributed by atoms with van der Waals surface area (Å²) in [6.07, 6.45) is 6.27. The van der Waals surface area contributed by atoms with Gasteiger partial charge < -0.3 is 28.4 Å². The van der Waals surface area contributed by atoms with Gasteiger partial charge in [0.25, 0.3) is 0 Å². The van der Waals surface area contributed by atoms with E-state index in [1.807, 2.05) is 0 Å². The van der Waals surface area contributed by atoms with Gasteiger partial charge in [-0.15, -0.1) is 0 Å². The smallest absolute Gasteiger partial charge is 0.435 e. The Morgan fingerprint density at radius 3 is 1.13 bits per heavy atom. The van der Waals surface area contributed by atoms with Crippen LogP contribution in [0, 0.1) is 0 Å². The van der Waals surface area contributed by atoms with Crippen LogP contribution in [0.4, 0.5) is 9.59 Å². The van der Waals surface area contributed by atoms with E-state index in [1.165, 1.54) is 0 Å². The third-order valence-electron chi connectivity index (χ3n) is 3.83. The lowest BCUT2D eigenvalue weighted by Gasteiger charge is -2.06. The summed E-state index contributed by atoms with van der Waals surface area (Å²) in [5.41, 5.74) is 0. The molecule has 0 saturated heterocycles. The topological polar surface area (TPSA) is 124 Å². The molecule has 0 spiro atoms. The monoisotopic (exact) mass is 434 g/mol. The Hall–Kier alpha value is -2.52. The van der Waals surface area contributed by atoms with Crippen molar-refractivity contribution in [1.29, 1.82) is 0 Å². The Morgan fingerprint density at radius 2 is 0.800 bits per heavy atom. The zero-order chi connectivity index (χ0) is 22.5. The van der Waals surface area contributed by atoms with Crippen LogP contribution < -0.4 is 0 Å². The fourth-order valence-electron chi connectivity index (χ4n) is 2.35. The third kappa shape index (κ3) is 18.8. The second kappa shape index (κ2) is 19.8. The molecule has 0 fully saturated rings. The molecule has 10 heteroatoms. The number of carbonyl (C=O) groups excluding carboxylic acids is 4. The Morgan fingerprint density at radius 1 is 0.467 bits per heavy atom. The molecule has 0 saturated carbocycles. The van der Waals surface area contributed by atoms with E-state index in [0.717, 1.165) is 51.4 Å². The Balaban J connectivity index is 3.36. The summed E-state index contributed by atoms with van der Waals surface area (Å²) < 4.78 is 27.7. The van der Waals surface area contributed by atoms with E-state index in [4.69, 9.17) is 9.47 Å². The number of hydrogen-bond acceptors (Lipinski definition) is 10. The third-order valence-corrected chi connectivity index (χ3v) is 3.83.